The predicted molar refractivity (Wildman–Crippen MR) is 223 cm³/mol. The van der Waals surface area contributed by atoms with Crippen molar-refractivity contribution in [1.82, 2.24) is 39.0 Å². The first kappa shape index (κ1) is 43.5. The molecule has 2 spiro atoms. The minimum Gasteiger partial charge on any atom is -0.387 e. The van der Waals surface area contributed by atoms with Crippen LogP contribution < -0.4 is 21.8 Å². The maximum absolute atomic E-state index is 12.6. The fraction of sp³-hybridized carbons (Fsp3) is 0.675. The van der Waals surface area contributed by atoms with Crippen LogP contribution in [0.4, 0.5) is 11.9 Å². The molecule has 2 aliphatic carbocycles. The number of aliphatic hydroxyl groups excluding tert-OH is 1. The molecule has 3 unspecified atom stereocenters. The predicted octanol–water partition coefficient (Wildman–Crippen LogP) is 3.26. The molecule has 5 N–H and O–H groups in total. The first-order valence-electron chi connectivity index (χ1n) is 21.4. The van der Waals surface area contributed by atoms with Gasteiger partial charge in [0.05, 0.1) is 31.8 Å². The van der Waals surface area contributed by atoms with Crippen LogP contribution in [-0.2, 0) is 37.6 Å². The molecule has 4 aliphatic heterocycles. The number of hydrogen-bond donors (Lipinski definition) is 5. The molecule has 6 aliphatic rings. The van der Waals surface area contributed by atoms with Crippen LogP contribution in [0.2, 0.25) is 0 Å². The minimum atomic E-state index is -1.26. The molecule has 4 saturated heterocycles. The number of ether oxygens (including phenoxy) is 4. The summed E-state index contributed by atoms with van der Waals surface area (Å²) in [6.07, 6.45) is 4.62. The number of aliphatic hydroxyl groups is 1. The van der Waals surface area contributed by atoms with E-state index in [-0.39, 0.29) is 57.9 Å². The number of aromatic amines is 2. The van der Waals surface area contributed by atoms with Gasteiger partial charge in [0.15, 0.2) is 43.2 Å². The Morgan fingerprint density at radius 2 is 1.33 bits per heavy atom. The van der Waals surface area contributed by atoms with E-state index in [4.69, 9.17) is 33.3 Å². The number of carbonyl (C=O) groups is 2. The second-order valence-corrected chi connectivity index (χ2v) is 18.9. The Morgan fingerprint density at radius 3 is 1.81 bits per heavy atom. The van der Waals surface area contributed by atoms with Gasteiger partial charge in [0.25, 0.3) is 11.1 Å². The van der Waals surface area contributed by atoms with Gasteiger partial charge in [-0.05, 0) is 38.5 Å². The van der Waals surface area contributed by atoms with E-state index in [0.717, 1.165) is 25.7 Å². The van der Waals surface area contributed by atoms with Gasteiger partial charge in [0.1, 0.15) is 46.8 Å². The summed E-state index contributed by atoms with van der Waals surface area (Å²) in [5.41, 5.74) is -2.32. The van der Waals surface area contributed by atoms with Crippen molar-refractivity contribution in [2.45, 2.75) is 146 Å². The molecule has 0 aromatic carbocycles. The Kier molecular flexibility index (Phi) is 10.9. The molecule has 22 nitrogen and oxygen atoms in total. The summed E-state index contributed by atoms with van der Waals surface area (Å²) in [6.45, 7) is 13.2. The van der Waals surface area contributed by atoms with Gasteiger partial charge in [-0.3, -0.25) is 48.9 Å². The summed E-state index contributed by atoms with van der Waals surface area (Å²) in [4.78, 5) is 71.5. The van der Waals surface area contributed by atoms with Gasteiger partial charge < -0.3 is 33.1 Å². The monoisotopic (exact) mass is 893 g/mol. The molecule has 6 fully saturated rings. The number of rotatable bonds is 13. The number of carbonyl (C=O) groups excluding carboxylic acids is 2. The number of anilines is 2. The molecule has 4 bridgehead atoms. The Labute approximate surface area is 361 Å². The van der Waals surface area contributed by atoms with E-state index in [1.165, 1.54) is 12.7 Å². The summed E-state index contributed by atoms with van der Waals surface area (Å²) in [5.74, 6) is -0.968. The van der Waals surface area contributed by atoms with Gasteiger partial charge in [-0.25, -0.2) is 9.97 Å². The van der Waals surface area contributed by atoms with Crippen LogP contribution in [0.1, 0.15) is 98.9 Å². The third-order valence-electron chi connectivity index (χ3n) is 13.2. The standard InChI is InChI=1S/C22H29N6O6P.C18H23N5O5/c1-5-22-15(34-35(4)31-10-6-9-23)14(32-21(22)7-8-21)19(33-22)28-11-24-13-16(28)25-20(27-18(13)30)26-17(29)12(2)3;1-4-18-11(24)10(27-17(18)5-6-17)15(28-18)23-7-19-9-12(23)20-16(22-14(9)26)21-13(25)8(2)3/h11-12,14-15,19H,5-8,10H2,1-4H3,(H2,25,26,27,29,30);7-8,10-11,15,24H,4-6H2,1-3H3,(H2,20,21,22,25,26)/t14?,15-,19-,22-,35?;10?,11-,15-,18-/m11/s1. The van der Waals surface area contributed by atoms with Crippen molar-refractivity contribution in [1.29, 1.82) is 5.26 Å². The number of fused-ring (bicyclic) bond motifs is 8. The van der Waals surface area contributed by atoms with Crippen LogP contribution in [0.3, 0.4) is 0 Å². The largest absolute Gasteiger partial charge is 0.387 e. The summed E-state index contributed by atoms with van der Waals surface area (Å²) < 4.78 is 41.2. The first-order chi connectivity index (χ1) is 30.1. The van der Waals surface area contributed by atoms with Crippen LogP contribution in [0.25, 0.3) is 22.3 Å². The van der Waals surface area contributed by atoms with Crippen molar-refractivity contribution in [2.24, 2.45) is 11.8 Å². The van der Waals surface area contributed by atoms with Crippen molar-refractivity contribution in [3.8, 4) is 6.07 Å². The van der Waals surface area contributed by atoms with Gasteiger partial charge in [0.2, 0.25) is 23.7 Å². The highest BCUT2D eigenvalue weighted by Gasteiger charge is 2.79. The third kappa shape index (κ3) is 6.81. The Balaban J connectivity index is 0.000000164. The summed E-state index contributed by atoms with van der Waals surface area (Å²) in [7, 11) is -1.26. The quantitative estimate of drug-likeness (QED) is 0.0951. The SMILES string of the molecule is CC[C@]12O[C@@H](n3cnc4c(=O)[nH]c(NC(=O)C(C)C)nc43)C(OC13CC3)[C@H]2O.CC[C@]12O[C@@H](n3cnc4c(=O)[nH]c(NC(=O)C(C)C)nc43)C(OC13CC3)[C@H]2OP(C)OCCC#N. The molecule has 0 radical (unpaired) electrons. The molecule has 23 heteroatoms. The number of imidazole rings is 2. The van der Waals surface area contributed by atoms with Crippen molar-refractivity contribution in [3.63, 3.8) is 0 Å². The van der Waals surface area contributed by atoms with Crippen molar-refractivity contribution in [3.05, 3.63) is 33.4 Å². The van der Waals surface area contributed by atoms with Crippen LogP contribution in [-0.4, -0.2) is 116 Å². The fourth-order valence-electron chi connectivity index (χ4n) is 9.63. The zero-order valence-corrected chi connectivity index (χ0v) is 36.9. The van der Waals surface area contributed by atoms with Gasteiger partial charge in [-0.2, -0.15) is 15.2 Å². The summed E-state index contributed by atoms with van der Waals surface area (Å²) in [5, 5.41) is 24.9. The average molecular weight is 894 g/mol. The third-order valence-corrected chi connectivity index (χ3v) is 14.3. The lowest BCUT2D eigenvalue weighted by atomic mass is 9.88. The average Bonchev–Trinajstić information content (AvgIpc) is 3.91. The summed E-state index contributed by atoms with van der Waals surface area (Å²) in [6, 6.07) is 2.07. The minimum absolute atomic E-state index is 0.0476. The van der Waals surface area contributed by atoms with Crippen molar-refractivity contribution < 1.29 is 42.7 Å². The van der Waals surface area contributed by atoms with Crippen LogP contribution >= 0.6 is 8.38 Å². The number of nitrogens with zero attached hydrogens (tertiary/aromatic N) is 7. The lowest BCUT2D eigenvalue weighted by Crippen LogP contribution is -2.49. The molecule has 10 rings (SSSR count). The van der Waals surface area contributed by atoms with Crippen molar-refractivity contribution in [2.75, 3.05) is 23.9 Å². The van der Waals surface area contributed by atoms with Crippen LogP contribution in [0.15, 0.2) is 22.2 Å². The maximum atomic E-state index is 12.6. The van der Waals surface area contributed by atoms with E-state index >= 15 is 0 Å². The van der Waals surface area contributed by atoms with E-state index < -0.39 is 78.8 Å². The second kappa shape index (κ2) is 15.8. The molecule has 4 aromatic heterocycles. The Hall–Kier alpha value is -4.72. The number of aromatic nitrogens is 8. The highest BCUT2D eigenvalue weighted by Crippen LogP contribution is 2.68. The lowest BCUT2D eigenvalue weighted by Gasteiger charge is -2.38. The molecule has 338 valence electrons. The molecule has 63 heavy (non-hydrogen) atoms. The number of nitrogens with one attached hydrogen (secondary N) is 4. The fourth-order valence-corrected chi connectivity index (χ4v) is 10.6. The van der Waals surface area contributed by atoms with Crippen molar-refractivity contribution >= 4 is 54.4 Å². The maximum Gasteiger partial charge on any atom is 0.280 e. The molecule has 4 aromatic rings. The van der Waals surface area contributed by atoms with Gasteiger partial charge in [-0.1, -0.05) is 41.5 Å². The topological polar surface area (TPSA) is 285 Å². The zero-order valence-electron chi connectivity index (χ0n) is 36.0. The molecule has 9 atom stereocenters. The van der Waals surface area contributed by atoms with Gasteiger partial charge in [0, 0.05) is 18.5 Å². The van der Waals surface area contributed by atoms with Crippen LogP contribution in [0.5, 0.6) is 0 Å². The Morgan fingerprint density at radius 1 is 0.857 bits per heavy atom. The van der Waals surface area contributed by atoms with E-state index in [2.05, 4.69) is 46.6 Å². The molecule has 2 amide bonds. The van der Waals surface area contributed by atoms with Gasteiger partial charge >= 0.3 is 0 Å². The number of hydrogen-bond acceptors (Lipinski definition) is 16. The number of nitriles is 1. The zero-order chi connectivity index (χ0) is 44.8. The normalized spacial score (nSPS) is 30.6. The van der Waals surface area contributed by atoms with Crippen LogP contribution in [0, 0.1) is 23.2 Å². The summed E-state index contributed by atoms with van der Waals surface area (Å²) >= 11 is 0. The molecular weight excluding hydrogens is 841 g/mol. The lowest BCUT2D eigenvalue weighted by molar-refractivity contribution is -0.224. The van der Waals surface area contributed by atoms with Gasteiger partial charge in [-0.15, -0.1) is 0 Å². The number of amides is 2. The first-order valence-corrected chi connectivity index (χ1v) is 23.0. The molecular formula is C40H52N11O11P. The highest BCUT2D eigenvalue weighted by atomic mass is 31.2. The second-order valence-electron chi connectivity index (χ2n) is 17.6. The Bertz CT molecular complexity index is 2610. The smallest absolute Gasteiger partial charge is 0.280 e. The number of H-pyrrole nitrogens is 2. The highest BCUT2D eigenvalue weighted by molar-refractivity contribution is 7.46. The molecule has 8 heterocycles. The van der Waals surface area contributed by atoms with E-state index in [1.807, 2.05) is 20.5 Å². The van der Waals surface area contributed by atoms with E-state index in [9.17, 15) is 24.3 Å². The van der Waals surface area contributed by atoms with E-state index in [1.54, 1.807) is 36.8 Å². The molecule has 2 saturated carbocycles. The van der Waals surface area contributed by atoms with E-state index in [0.29, 0.717) is 25.9 Å².